The third-order valence-corrected chi connectivity index (χ3v) is 4.73. The molecule has 3 rings (SSSR count). The van der Waals surface area contributed by atoms with Gasteiger partial charge in [-0.2, -0.15) is 0 Å². The number of urea groups is 1. The number of hydrogen-bond donors (Lipinski definition) is 1. The van der Waals surface area contributed by atoms with Gasteiger partial charge in [-0.25, -0.2) is 4.79 Å². The van der Waals surface area contributed by atoms with Gasteiger partial charge in [0.15, 0.2) is 0 Å². The summed E-state index contributed by atoms with van der Waals surface area (Å²) in [4.78, 5) is 14.8. The van der Waals surface area contributed by atoms with Crippen LogP contribution in [0, 0.1) is 0 Å². The molecule has 4 nitrogen and oxygen atoms in total. The molecule has 2 aromatic rings. The number of carbonyl (C=O) groups is 1. The molecular formula is C19H25N3O. The number of carbonyl (C=O) groups excluding carboxylic acids is 1. The molecule has 1 aromatic heterocycles. The number of aromatic nitrogens is 1. The minimum Gasteiger partial charge on any atom is -0.348 e. The predicted molar refractivity (Wildman–Crippen MR) is 92.3 cm³/mol. The maximum atomic E-state index is 12.8. The summed E-state index contributed by atoms with van der Waals surface area (Å²) >= 11 is 0. The minimum absolute atomic E-state index is 0.0192. The maximum absolute atomic E-state index is 12.8. The van der Waals surface area contributed by atoms with Crippen LogP contribution in [-0.2, 0) is 6.54 Å². The first-order valence-corrected chi connectivity index (χ1v) is 8.51. The molecule has 1 aromatic carbocycles. The van der Waals surface area contributed by atoms with E-state index in [0.29, 0.717) is 0 Å². The Hall–Kier alpha value is -2.23. The normalized spacial score (nSPS) is 17.2. The van der Waals surface area contributed by atoms with Crippen LogP contribution in [0.4, 0.5) is 4.79 Å². The third-order valence-electron chi connectivity index (χ3n) is 4.73. The first-order valence-electron chi connectivity index (χ1n) is 8.51. The lowest BCUT2D eigenvalue weighted by Crippen LogP contribution is -2.49. The van der Waals surface area contributed by atoms with Crippen LogP contribution in [-0.4, -0.2) is 28.1 Å². The summed E-state index contributed by atoms with van der Waals surface area (Å²) < 4.78 is 2.25. The topological polar surface area (TPSA) is 37.3 Å². The van der Waals surface area contributed by atoms with Crippen molar-refractivity contribution < 1.29 is 4.79 Å². The van der Waals surface area contributed by atoms with Crippen LogP contribution in [0.5, 0.6) is 0 Å². The SMILES string of the molecule is CCC(CC)NC(=O)N1CCn2cccc2[C@@H]1c1ccccc1. The highest BCUT2D eigenvalue weighted by Crippen LogP contribution is 2.32. The zero-order chi connectivity index (χ0) is 16.2. The van der Waals surface area contributed by atoms with Gasteiger partial charge in [0.05, 0.1) is 6.04 Å². The van der Waals surface area contributed by atoms with E-state index in [-0.39, 0.29) is 18.1 Å². The average molecular weight is 311 g/mol. The van der Waals surface area contributed by atoms with Crippen LogP contribution in [0.15, 0.2) is 48.7 Å². The number of hydrogen-bond acceptors (Lipinski definition) is 1. The quantitative estimate of drug-likeness (QED) is 0.916. The molecule has 2 heterocycles. The number of rotatable bonds is 4. The second kappa shape index (κ2) is 6.90. The first kappa shape index (κ1) is 15.7. The van der Waals surface area contributed by atoms with Gasteiger partial charge in [0.25, 0.3) is 0 Å². The zero-order valence-corrected chi connectivity index (χ0v) is 13.9. The lowest BCUT2D eigenvalue weighted by Gasteiger charge is -2.38. The van der Waals surface area contributed by atoms with Gasteiger partial charge < -0.3 is 14.8 Å². The van der Waals surface area contributed by atoms with Crippen molar-refractivity contribution >= 4 is 6.03 Å². The fraction of sp³-hybridized carbons (Fsp3) is 0.421. The van der Waals surface area contributed by atoms with E-state index >= 15 is 0 Å². The largest absolute Gasteiger partial charge is 0.348 e. The molecule has 23 heavy (non-hydrogen) atoms. The molecule has 0 spiro atoms. The molecule has 0 fully saturated rings. The highest BCUT2D eigenvalue weighted by atomic mass is 16.2. The van der Waals surface area contributed by atoms with Gasteiger partial charge in [0.2, 0.25) is 0 Å². The molecule has 1 aliphatic heterocycles. The summed E-state index contributed by atoms with van der Waals surface area (Å²) in [5, 5.41) is 3.19. The number of benzene rings is 1. The van der Waals surface area contributed by atoms with Crippen molar-refractivity contribution in [2.45, 2.75) is 45.3 Å². The first-order chi connectivity index (χ1) is 11.2. The monoisotopic (exact) mass is 311 g/mol. The van der Waals surface area contributed by atoms with Crippen molar-refractivity contribution in [3.05, 3.63) is 59.9 Å². The summed E-state index contributed by atoms with van der Waals surface area (Å²) in [5.41, 5.74) is 2.34. The smallest absolute Gasteiger partial charge is 0.318 e. The van der Waals surface area contributed by atoms with Crippen LogP contribution < -0.4 is 5.32 Å². The van der Waals surface area contributed by atoms with Crippen LogP contribution >= 0.6 is 0 Å². The van der Waals surface area contributed by atoms with E-state index < -0.39 is 0 Å². The Balaban J connectivity index is 1.91. The van der Waals surface area contributed by atoms with Gasteiger partial charge in [-0.05, 0) is 30.5 Å². The highest BCUT2D eigenvalue weighted by Gasteiger charge is 2.32. The Bertz CT molecular complexity index is 646. The summed E-state index contributed by atoms with van der Waals surface area (Å²) in [7, 11) is 0. The molecule has 1 aliphatic rings. The van der Waals surface area contributed by atoms with E-state index in [1.165, 1.54) is 5.69 Å². The highest BCUT2D eigenvalue weighted by molar-refractivity contribution is 5.75. The summed E-state index contributed by atoms with van der Waals surface area (Å²) in [6.07, 6.45) is 4.02. The molecule has 0 radical (unpaired) electrons. The Morgan fingerprint density at radius 1 is 1.13 bits per heavy atom. The van der Waals surface area contributed by atoms with Crippen molar-refractivity contribution in [2.75, 3.05) is 6.54 Å². The molecule has 0 saturated carbocycles. The lowest BCUT2D eigenvalue weighted by molar-refractivity contribution is 0.164. The van der Waals surface area contributed by atoms with Crippen LogP contribution in [0.1, 0.15) is 44.0 Å². The Kier molecular flexibility index (Phi) is 4.70. The lowest BCUT2D eigenvalue weighted by atomic mass is 10.0. The standard InChI is InChI=1S/C19H25N3O/c1-3-16(4-2)20-19(23)22-14-13-21-12-8-11-17(21)18(22)15-9-6-5-7-10-15/h5-12,16,18H,3-4,13-14H2,1-2H3,(H,20,23)/t18-/m0/s1. The van der Waals surface area contributed by atoms with E-state index in [1.54, 1.807) is 0 Å². The second-order valence-corrected chi connectivity index (χ2v) is 6.10. The number of nitrogens with zero attached hydrogens (tertiary/aromatic N) is 2. The molecular weight excluding hydrogens is 286 g/mol. The molecule has 0 unspecified atom stereocenters. The van der Waals surface area contributed by atoms with Gasteiger partial charge in [-0.1, -0.05) is 44.2 Å². The van der Waals surface area contributed by atoms with Crippen molar-refractivity contribution in [1.29, 1.82) is 0 Å². The maximum Gasteiger partial charge on any atom is 0.318 e. The Labute approximate surface area is 138 Å². The van der Waals surface area contributed by atoms with Crippen LogP contribution in [0.25, 0.3) is 0 Å². The van der Waals surface area contributed by atoms with Crippen LogP contribution in [0.2, 0.25) is 0 Å². The van der Waals surface area contributed by atoms with E-state index in [9.17, 15) is 4.79 Å². The summed E-state index contributed by atoms with van der Waals surface area (Å²) in [6.45, 7) is 5.81. The van der Waals surface area contributed by atoms with E-state index in [0.717, 1.165) is 31.5 Å². The molecule has 0 saturated heterocycles. The Morgan fingerprint density at radius 3 is 2.57 bits per heavy atom. The van der Waals surface area contributed by atoms with Gasteiger partial charge in [-0.15, -0.1) is 0 Å². The van der Waals surface area contributed by atoms with Gasteiger partial charge in [0, 0.05) is 31.0 Å². The minimum atomic E-state index is -0.0192. The zero-order valence-electron chi connectivity index (χ0n) is 13.9. The molecule has 4 heteroatoms. The van der Waals surface area contributed by atoms with Crippen molar-refractivity contribution in [2.24, 2.45) is 0 Å². The predicted octanol–water partition coefficient (Wildman–Crippen LogP) is 3.79. The van der Waals surface area contributed by atoms with Crippen molar-refractivity contribution in [3.63, 3.8) is 0 Å². The summed E-state index contributed by atoms with van der Waals surface area (Å²) in [5.74, 6) is 0. The fourth-order valence-corrected chi connectivity index (χ4v) is 3.34. The number of amides is 2. The van der Waals surface area contributed by atoms with E-state index in [4.69, 9.17) is 0 Å². The van der Waals surface area contributed by atoms with E-state index in [2.05, 4.69) is 54.2 Å². The van der Waals surface area contributed by atoms with Crippen molar-refractivity contribution in [3.8, 4) is 0 Å². The molecule has 2 amide bonds. The molecule has 1 N–H and O–H groups in total. The molecule has 1 atom stereocenters. The molecule has 122 valence electrons. The molecule has 0 aliphatic carbocycles. The molecule has 0 bridgehead atoms. The van der Waals surface area contributed by atoms with Gasteiger partial charge in [-0.3, -0.25) is 0 Å². The van der Waals surface area contributed by atoms with Gasteiger partial charge >= 0.3 is 6.03 Å². The number of nitrogens with one attached hydrogen (secondary N) is 1. The van der Waals surface area contributed by atoms with Gasteiger partial charge in [0.1, 0.15) is 0 Å². The van der Waals surface area contributed by atoms with Crippen LogP contribution in [0.3, 0.4) is 0 Å². The van der Waals surface area contributed by atoms with E-state index in [1.807, 2.05) is 23.1 Å². The van der Waals surface area contributed by atoms with Crippen molar-refractivity contribution in [1.82, 2.24) is 14.8 Å². The average Bonchev–Trinajstić information content (AvgIpc) is 3.08. The Morgan fingerprint density at radius 2 is 1.87 bits per heavy atom. The second-order valence-electron chi connectivity index (χ2n) is 6.10. The number of fused-ring (bicyclic) bond motifs is 1. The third kappa shape index (κ3) is 3.11. The summed E-state index contributed by atoms with van der Waals surface area (Å²) in [6, 6.07) is 14.7. The fourth-order valence-electron chi connectivity index (χ4n) is 3.34.